The van der Waals surface area contributed by atoms with Crippen LogP contribution in [0.2, 0.25) is 0 Å². The summed E-state index contributed by atoms with van der Waals surface area (Å²) in [5.74, 6) is 0.833. The first kappa shape index (κ1) is 12.2. The van der Waals surface area contributed by atoms with E-state index in [-0.39, 0.29) is 0 Å². The molecule has 0 atom stereocenters. The highest BCUT2D eigenvalue weighted by Crippen LogP contribution is 2.10. The topological polar surface area (TPSA) is 24.9 Å². The Morgan fingerprint density at radius 2 is 1.93 bits per heavy atom. The highest BCUT2D eigenvalue weighted by atomic mass is 14.9. The van der Waals surface area contributed by atoms with Crippen molar-refractivity contribution in [3.8, 4) is 0 Å². The molecule has 0 saturated carbocycles. The predicted molar refractivity (Wildman–Crippen MR) is 64.9 cm³/mol. The summed E-state index contributed by atoms with van der Waals surface area (Å²) in [6.07, 6.45) is 1.08. The molecule has 1 aromatic rings. The molecule has 84 valence electrons. The van der Waals surface area contributed by atoms with Gasteiger partial charge in [0.05, 0.1) is 0 Å². The molecule has 2 nitrogen and oxygen atoms in total. The number of pyridine rings is 1. The van der Waals surface area contributed by atoms with Crippen molar-refractivity contribution >= 4 is 0 Å². The molecule has 2 heterocycles. The Hall–Kier alpha value is -0.890. The maximum absolute atomic E-state index is 4.47. The van der Waals surface area contributed by atoms with E-state index in [9.17, 15) is 0 Å². The maximum Gasteiger partial charge on any atom is 0.0464 e. The smallest absolute Gasteiger partial charge is 0.0464 e. The summed E-state index contributed by atoms with van der Waals surface area (Å²) in [4.78, 5) is 4.47. The second-order valence-corrected chi connectivity index (χ2v) is 4.72. The molecule has 2 heteroatoms. The van der Waals surface area contributed by atoms with Crippen molar-refractivity contribution in [1.29, 1.82) is 0 Å². The number of nitrogens with zero attached hydrogens (tertiary/aromatic N) is 1. The van der Waals surface area contributed by atoms with Crippen LogP contribution in [-0.2, 0) is 13.0 Å². The number of aromatic nitrogens is 1. The van der Waals surface area contributed by atoms with Crippen LogP contribution in [0.15, 0.2) is 12.1 Å². The molecule has 2 rings (SSSR count). The van der Waals surface area contributed by atoms with Crippen LogP contribution in [0.1, 0.15) is 37.7 Å². The highest BCUT2D eigenvalue weighted by Gasteiger charge is 2.08. The lowest BCUT2D eigenvalue weighted by Crippen LogP contribution is -2.24. The average molecular weight is 206 g/mol. The minimum absolute atomic E-state index is 0.833. The first-order valence-corrected chi connectivity index (χ1v) is 5.75. The van der Waals surface area contributed by atoms with Gasteiger partial charge in [-0.3, -0.25) is 4.98 Å². The summed E-state index contributed by atoms with van der Waals surface area (Å²) in [6.45, 7) is 10.6. The minimum Gasteiger partial charge on any atom is -0.312 e. The Balaban J connectivity index is 0.000000245. The number of nitrogens with one attached hydrogen (secondary N) is 1. The minimum atomic E-state index is 0.833. The molecule has 15 heavy (non-hydrogen) atoms. The quantitative estimate of drug-likeness (QED) is 0.706. The number of hydrogen-bond donors (Lipinski definition) is 1. The van der Waals surface area contributed by atoms with Crippen molar-refractivity contribution in [3.05, 3.63) is 29.1 Å². The van der Waals surface area contributed by atoms with Gasteiger partial charge in [0.1, 0.15) is 0 Å². The van der Waals surface area contributed by atoms with E-state index in [0.29, 0.717) is 0 Å². The summed E-state index contributed by atoms with van der Waals surface area (Å²) in [5, 5.41) is 3.32. The van der Waals surface area contributed by atoms with E-state index in [1.807, 2.05) is 6.92 Å². The van der Waals surface area contributed by atoms with Gasteiger partial charge >= 0.3 is 0 Å². The molecule has 0 amide bonds. The lowest BCUT2D eigenvalue weighted by molar-refractivity contribution is 0.628. The van der Waals surface area contributed by atoms with Crippen LogP contribution >= 0.6 is 0 Å². The van der Waals surface area contributed by atoms with E-state index in [1.54, 1.807) is 0 Å². The lowest BCUT2D eigenvalue weighted by Gasteiger charge is -2.15. The number of rotatable bonds is 0. The fraction of sp³-hybridized carbons (Fsp3) is 0.615. The van der Waals surface area contributed by atoms with Gasteiger partial charge in [-0.25, -0.2) is 0 Å². The van der Waals surface area contributed by atoms with Crippen molar-refractivity contribution in [2.75, 3.05) is 6.54 Å². The zero-order chi connectivity index (χ0) is 11.3. The van der Waals surface area contributed by atoms with E-state index >= 15 is 0 Å². The molecular weight excluding hydrogens is 184 g/mol. The molecule has 0 fully saturated rings. The van der Waals surface area contributed by atoms with Gasteiger partial charge in [-0.15, -0.1) is 0 Å². The lowest BCUT2D eigenvalue weighted by atomic mass is 10.1. The summed E-state index contributed by atoms with van der Waals surface area (Å²) in [7, 11) is 0. The fourth-order valence-corrected chi connectivity index (χ4v) is 1.45. The van der Waals surface area contributed by atoms with Gasteiger partial charge in [-0.05, 0) is 24.5 Å². The Morgan fingerprint density at radius 3 is 2.60 bits per heavy atom. The Labute approximate surface area is 93.1 Å². The van der Waals surface area contributed by atoms with Crippen LogP contribution in [-0.4, -0.2) is 11.5 Å². The van der Waals surface area contributed by atoms with Crippen LogP contribution in [0.5, 0.6) is 0 Å². The van der Waals surface area contributed by atoms with Crippen LogP contribution in [0.25, 0.3) is 0 Å². The van der Waals surface area contributed by atoms with Crippen molar-refractivity contribution in [3.63, 3.8) is 0 Å². The third-order valence-corrected chi connectivity index (χ3v) is 2.06. The molecule has 0 aliphatic carbocycles. The van der Waals surface area contributed by atoms with E-state index in [2.05, 4.69) is 43.2 Å². The van der Waals surface area contributed by atoms with Gasteiger partial charge in [-0.2, -0.15) is 0 Å². The summed E-state index contributed by atoms with van der Waals surface area (Å²) < 4.78 is 0. The predicted octanol–water partition coefficient (Wildman–Crippen LogP) is 2.70. The molecule has 0 unspecified atom stereocenters. The van der Waals surface area contributed by atoms with Gasteiger partial charge in [-0.1, -0.05) is 26.8 Å². The zero-order valence-corrected chi connectivity index (χ0v) is 10.3. The molecule has 1 aliphatic heterocycles. The van der Waals surface area contributed by atoms with Crippen molar-refractivity contribution < 1.29 is 0 Å². The molecule has 0 spiro atoms. The number of hydrogen-bond acceptors (Lipinski definition) is 2. The van der Waals surface area contributed by atoms with E-state index in [1.165, 1.54) is 11.3 Å². The van der Waals surface area contributed by atoms with E-state index < -0.39 is 0 Å². The third kappa shape index (κ3) is 4.43. The SMILES string of the molecule is CC(C)C.Cc1ccc2c(n1)CCNC2. The van der Waals surface area contributed by atoms with Crippen molar-refractivity contribution in [2.45, 2.75) is 40.7 Å². The zero-order valence-electron chi connectivity index (χ0n) is 10.3. The van der Waals surface area contributed by atoms with Gasteiger partial charge in [0.15, 0.2) is 0 Å². The van der Waals surface area contributed by atoms with Crippen molar-refractivity contribution in [2.24, 2.45) is 5.92 Å². The Kier molecular flexibility index (Phi) is 4.76. The summed E-state index contributed by atoms with van der Waals surface area (Å²) in [6, 6.07) is 4.25. The normalized spacial score (nSPS) is 14.2. The van der Waals surface area contributed by atoms with Gasteiger partial charge in [0, 0.05) is 30.9 Å². The molecule has 1 aromatic heterocycles. The van der Waals surface area contributed by atoms with Gasteiger partial charge in [0.25, 0.3) is 0 Å². The van der Waals surface area contributed by atoms with Crippen LogP contribution in [0.4, 0.5) is 0 Å². The van der Waals surface area contributed by atoms with E-state index in [0.717, 1.165) is 31.1 Å². The standard InChI is InChI=1S/C9H12N2.C4H10/c1-7-2-3-8-6-10-5-4-9(8)11-7;1-4(2)3/h2-3,10H,4-6H2,1H3;4H,1-3H3. The molecule has 0 saturated heterocycles. The maximum atomic E-state index is 4.47. The Morgan fingerprint density at radius 1 is 1.27 bits per heavy atom. The largest absolute Gasteiger partial charge is 0.312 e. The molecule has 1 N–H and O–H groups in total. The fourth-order valence-electron chi connectivity index (χ4n) is 1.45. The van der Waals surface area contributed by atoms with Gasteiger partial charge in [0.2, 0.25) is 0 Å². The molecule has 1 aliphatic rings. The van der Waals surface area contributed by atoms with Crippen molar-refractivity contribution in [1.82, 2.24) is 10.3 Å². The molecular formula is C13H22N2. The second kappa shape index (κ2) is 5.86. The molecule has 0 aromatic carbocycles. The summed E-state index contributed by atoms with van der Waals surface area (Å²) >= 11 is 0. The number of fused-ring (bicyclic) bond motifs is 1. The Bertz CT molecular complexity index is 303. The third-order valence-electron chi connectivity index (χ3n) is 2.06. The number of aryl methyl sites for hydroxylation is 1. The van der Waals surface area contributed by atoms with Gasteiger partial charge < -0.3 is 5.32 Å². The van der Waals surface area contributed by atoms with Crippen LogP contribution in [0.3, 0.4) is 0 Å². The van der Waals surface area contributed by atoms with Crippen LogP contribution in [0, 0.1) is 12.8 Å². The first-order chi connectivity index (χ1) is 7.09. The van der Waals surface area contributed by atoms with E-state index in [4.69, 9.17) is 0 Å². The monoisotopic (exact) mass is 206 g/mol. The second-order valence-electron chi connectivity index (χ2n) is 4.72. The first-order valence-electron chi connectivity index (χ1n) is 5.75. The molecule has 0 bridgehead atoms. The highest BCUT2D eigenvalue weighted by molar-refractivity contribution is 5.24. The average Bonchev–Trinajstić information content (AvgIpc) is 2.16. The van der Waals surface area contributed by atoms with Crippen LogP contribution < -0.4 is 5.32 Å². The molecule has 0 radical (unpaired) electrons. The summed E-state index contributed by atoms with van der Waals surface area (Å²) in [5.41, 5.74) is 3.77.